The third-order valence-corrected chi connectivity index (χ3v) is 7.80. The minimum Gasteiger partial charge on any atom is -0.501 e. The van der Waals surface area contributed by atoms with Gasteiger partial charge in [-0.25, -0.2) is 0 Å². The third-order valence-electron chi connectivity index (χ3n) is 7.80. The monoisotopic (exact) mass is 782 g/mol. The second kappa shape index (κ2) is 12.6. The van der Waals surface area contributed by atoms with Gasteiger partial charge in [-0.1, -0.05) is 87.1 Å². The number of pyridine rings is 1. The van der Waals surface area contributed by atoms with E-state index in [1.165, 1.54) is 45.9 Å². The molecule has 0 aliphatic carbocycles. The van der Waals surface area contributed by atoms with E-state index < -0.39 is 13.7 Å². The summed E-state index contributed by atoms with van der Waals surface area (Å²) in [5, 5.41) is 7.02. The SMILES string of the molecule is CC(C)(C)c1ccnc(-c2[c-]ccc3c2oc2cc4c(ccc5ccccc54)cc23)n1.[2H]C([2H])([2H])c1c[c-]c(-c2ccc(C([2H])([2H])[2H])cn2)cc1.[Ir]. The predicted octanol–water partition coefficient (Wildman–Crippen LogP) is 10.6. The third kappa shape index (κ3) is 6.09. The van der Waals surface area contributed by atoms with E-state index in [9.17, 15) is 0 Å². The molecular formula is C41H33IrN3O-2. The van der Waals surface area contributed by atoms with Crippen molar-refractivity contribution < 1.29 is 32.7 Å². The first-order valence-corrected chi connectivity index (χ1v) is 14.7. The summed E-state index contributed by atoms with van der Waals surface area (Å²) in [7, 11) is 0. The maximum Gasteiger partial charge on any atom is 0.121 e. The molecule has 0 saturated carbocycles. The molecule has 8 rings (SSSR count). The van der Waals surface area contributed by atoms with E-state index in [-0.39, 0.29) is 36.6 Å². The van der Waals surface area contributed by atoms with E-state index in [2.05, 4.69) is 97.5 Å². The van der Waals surface area contributed by atoms with Gasteiger partial charge >= 0.3 is 0 Å². The number of fused-ring (bicyclic) bond motifs is 6. The van der Waals surface area contributed by atoms with Crippen LogP contribution in [0.1, 0.15) is 45.8 Å². The molecule has 0 aliphatic rings. The van der Waals surface area contributed by atoms with Crippen LogP contribution in [-0.4, -0.2) is 15.0 Å². The van der Waals surface area contributed by atoms with Gasteiger partial charge in [-0.2, -0.15) is 0 Å². The zero-order valence-corrected chi connectivity index (χ0v) is 27.9. The molecule has 3 heterocycles. The van der Waals surface area contributed by atoms with Gasteiger partial charge in [-0.15, -0.1) is 53.6 Å². The maximum absolute atomic E-state index is 7.28. The first-order valence-electron chi connectivity index (χ1n) is 17.7. The molecule has 0 atom stereocenters. The van der Waals surface area contributed by atoms with Gasteiger partial charge in [-0.3, -0.25) is 9.97 Å². The number of nitrogens with zero attached hydrogens (tertiary/aromatic N) is 3. The van der Waals surface area contributed by atoms with Crippen molar-refractivity contribution in [2.45, 2.75) is 39.9 Å². The summed E-state index contributed by atoms with van der Waals surface area (Å²) in [5.41, 5.74) is 4.93. The van der Waals surface area contributed by atoms with Crippen LogP contribution < -0.4 is 0 Å². The quantitative estimate of drug-likeness (QED) is 0.129. The number of hydrogen-bond donors (Lipinski definition) is 0. The minimum absolute atomic E-state index is 0. The maximum atomic E-state index is 7.28. The fourth-order valence-electron chi connectivity index (χ4n) is 5.44. The molecule has 0 bridgehead atoms. The molecule has 0 saturated heterocycles. The van der Waals surface area contributed by atoms with Crippen molar-refractivity contribution in [3.63, 3.8) is 0 Å². The Labute approximate surface area is 291 Å². The minimum atomic E-state index is -2.18. The topological polar surface area (TPSA) is 51.8 Å². The van der Waals surface area contributed by atoms with Crippen molar-refractivity contribution in [3.8, 4) is 22.6 Å². The molecule has 0 aliphatic heterocycles. The van der Waals surface area contributed by atoms with Crippen LogP contribution in [0.4, 0.5) is 0 Å². The van der Waals surface area contributed by atoms with E-state index in [4.69, 9.17) is 17.6 Å². The summed E-state index contributed by atoms with van der Waals surface area (Å²) in [4.78, 5) is 13.4. The Morgan fingerprint density at radius 1 is 0.739 bits per heavy atom. The Kier molecular flexibility index (Phi) is 6.71. The van der Waals surface area contributed by atoms with Crippen molar-refractivity contribution in [2.24, 2.45) is 0 Å². The molecule has 0 spiro atoms. The van der Waals surface area contributed by atoms with Crippen LogP contribution >= 0.6 is 0 Å². The Morgan fingerprint density at radius 2 is 1.57 bits per heavy atom. The number of furan rings is 1. The predicted molar refractivity (Wildman–Crippen MR) is 185 cm³/mol. The Bertz CT molecular complexity index is 2480. The molecule has 1 radical (unpaired) electrons. The van der Waals surface area contributed by atoms with Crippen molar-refractivity contribution >= 4 is 43.5 Å². The molecule has 0 unspecified atom stereocenters. The molecule has 4 nitrogen and oxygen atoms in total. The number of aromatic nitrogens is 3. The van der Waals surface area contributed by atoms with Crippen molar-refractivity contribution in [3.05, 3.63) is 138 Å². The molecule has 46 heavy (non-hydrogen) atoms. The van der Waals surface area contributed by atoms with E-state index in [0.717, 1.165) is 33.2 Å². The molecule has 0 amide bonds. The van der Waals surface area contributed by atoms with Crippen molar-refractivity contribution in [2.75, 3.05) is 0 Å². The zero-order chi connectivity index (χ0) is 36.1. The Morgan fingerprint density at radius 3 is 2.33 bits per heavy atom. The first kappa shape index (κ1) is 24.5. The Hall–Kier alpha value is -4.70. The van der Waals surface area contributed by atoms with Gasteiger partial charge in [0.05, 0.1) is 11.4 Å². The van der Waals surface area contributed by atoms with Crippen molar-refractivity contribution in [1.29, 1.82) is 0 Å². The van der Waals surface area contributed by atoms with Gasteiger partial charge in [0.1, 0.15) is 5.58 Å². The van der Waals surface area contributed by atoms with Crippen LogP contribution in [0.2, 0.25) is 0 Å². The van der Waals surface area contributed by atoms with Gasteiger partial charge in [-0.05, 0) is 57.9 Å². The van der Waals surface area contributed by atoms with E-state index in [1.807, 2.05) is 18.3 Å². The average molecular weight is 782 g/mol. The summed E-state index contributed by atoms with van der Waals surface area (Å²) < 4.78 is 50.1. The van der Waals surface area contributed by atoms with Gasteiger partial charge in [0.25, 0.3) is 0 Å². The zero-order valence-electron chi connectivity index (χ0n) is 31.5. The smallest absolute Gasteiger partial charge is 0.121 e. The molecule has 5 aromatic carbocycles. The fourth-order valence-corrected chi connectivity index (χ4v) is 5.44. The molecule has 3 aromatic heterocycles. The summed E-state index contributed by atoms with van der Waals surface area (Å²) in [5.74, 6) is 0.645. The van der Waals surface area contributed by atoms with Crippen LogP contribution in [0.15, 0.2) is 114 Å². The largest absolute Gasteiger partial charge is 0.501 e. The first-order chi connectivity index (χ1) is 24.2. The van der Waals surface area contributed by atoms with Crippen LogP contribution in [0, 0.1) is 25.8 Å². The number of rotatable bonds is 2. The molecule has 0 fully saturated rings. The van der Waals surface area contributed by atoms with Crippen LogP contribution in [0.5, 0.6) is 0 Å². The Balaban J connectivity index is 0.000000193. The van der Waals surface area contributed by atoms with E-state index >= 15 is 0 Å². The number of hydrogen-bond acceptors (Lipinski definition) is 4. The van der Waals surface area contributed by atoms with Crippen molar-refractivity contribution in [1.82, 2.24) is 15.0 Å². The molecular weight excluding hydrogens is 743 g/mol. The molecule has 229 valence electrons. The van der Waals surface area contributed by atoms with Gasteiger partial charge in [0.2, 0.25) is 0 Å². The molecule has 5 heteroatoms. The normalized spacial score (nSPS) is 13.9. The summed E-state index contributed by atoms with van der Waals surface area (Å²) in [6.07, 6.45) is 3.12. The second-order valence-corrected chi connectivity index (χ2v) is 12.0. The van der Waals surface area contributed by atoms with Crippen LogP contribution in [0.25, 0.3) is 66.1 Å². The number of aryl methyl sites for hydroxylation is 2. The summed E-state index contributed by atoms with van der Waals surface area (Å²) in [6, 6.07) is 36.9. The molecule has 8 aromatic rings. The van der Waals surface area contributed by atoms with E-state index in [1.54, 1.807) is 12.1 Å². The standard InChI is InChI=1S/C28H21N2O.C13H12N.Ir/c1-28(2,3)25-13-14-29-27(30-25)21-10-6-9-20-23-15-18-12-11-17-7-4-5-8-19(17)22(18)16-24(23)31-26(20)21;1-10-3-6-12(7-4-10)13-8-5-11(2)9-14-13;/h4-9,11-16H,1-3H3;3-6,8-9H,1-2H3;/q2*-1;/i;1D3,2D3;. The number of benzene rings is 5. The molecule has 0 N–H and O–H groups in total. The van der Waals surface area contributed by atoms with E-state index in [0.29, 0.717) is 17.1 Å². The van der Waals surface area contributed by atoms with Crippen LogP contribution in [0.3, 0.4) is 0 Å². The van der Waals surface area contributed by atoms with Gasteiger partial charge in [0.15, 0.2) is 0 Å². The second-order valence-electron chi connectivity index (χ2n) is 12.0. The van der Waals surface area contributed by atoms with Gasteiger partial charge in [0, 0.05) is 57.2 Å². The van der Waals surface area contributed by atoms with Gasteiger partial charge < -0.3 is 9.40 Å². The average Bonchev–Trinajstić information content (AvgIpc) is 3.48. The summed E-state index contributed by atoms with van der Waals surface area (Å²) >= 11 is 0. The van der Waals surface area contributed by atoms with Crippen LogP contribution in [-0.2, 0) is 25.5 Å². The fraction of sp³-hybridized carbons (Fsp3) is 0.146. The summed E-state index contributed by atoms with van der Waals surface area (Å²) in [6.45, 7) is 2.12.